The first kappa shape index (κ1) is 41.5. The smallest absolute Gasteiger partial charge is 0.331 e. The second kappa shape index (κ2) is 18.3. The molecule has 0 aliphatic carbocycles. The molecule has 2 aromatic rings. The van der Waals surface area contributed by atoms with E-state index >= 15 is 0 Å². The fraction of sp³-hybridized carbons (Fsp3) is 0.571. The van der Waals surface area contributed by atoms with Crippen LogP contribution in [0.4, 0.5) is 0 Å². The van der Waals surface area contributed by atoms with E-state index in [1.165, 1.54) is 56.5 Å². The minimum Gasteiger partial charge on any atom is -0.504 e. The van der Waals surface area contributed by atoms with Crippen LogP contribution in [0.15, 0.2) is 42.5 Å². The highest BCUT2D eigenvalue weighted by Gasteiger charge is 2.54. The van der Waals surface area contributed by atoms with Crippen LogP contribution in [0.1, 0.15) is 18.1 Å². The molecule has 3 fully saturated rings. The molecule has 0 radical (unpaired) electrons. The third-order valence-electron chi connectivity index (χ3n) is 9.20. The molecule has 5 rings (SSSR count). The van der Waals surface area contributed by atoms with Gasteiger partial charge in [-0.3, -0.25) is 0 Å². The first-order chi connectivity index (χ1) is 25.7. The van der Waals surface area contributed by atoms with Crippen molar-refractivity contribution in [2.24, 2.45) is 0 Å². The number of hydrogen-bond donors (Lipinski definition) is 10. The van der Waals surface area contributed by atoms with Gasteiger partial charge in [-0.1, -0.05) is 12.1 Å². The Hall–Kier alpha value is -3.67. The van der Waals surface area contributed by atoms with Crippen molar-refractivity contribution in [3.05, 3.63) is 53.6 Å². The van der Waals surface area contributed by atoms with Gasteiger partial charge in [0.15, 0.2) is 48.0 Å². The van der Waals surface area contributed by atoms with Crippen LogP contribution in [-0.4, -0.2) is 170 Å². The topological polar surface area (TPSA) is 293 Å². The number of carbonyl (C=O) groups is 1. The van der Waals surface area contributed by atoms with Gasteiger partial charge >= 0.3 is 5.97 Å². The van der Waals surface area contributed by atoms with E-state index in [9.17, 15) is 55.9 Å². The number of aromatic hydroxyl groups is 3. The molecule has 0 spiro atoms. The van der Waals surface area contributed by atoms with Crippen molar-refractivity contribution < 1.29 is 93.8 Å². The quantitative estimate of drug-likeness (QED) is 0.0585. The Bertz CT molecular complexity index is 1570. The number of ether oxygens (including phenoxy) is 8. The van der Waals surface area contributed by atoms with E-state index in [4.69, 9.17) is 37.9 Å². The molecule has 3 heterocycles. The van der Waals surface area contributed by atoms with Crippen molar-refractivity contribution in [3.8, 4) is 23.0 Å². The Morgan fingerprint density at radius 3 is 2.22 bits per heavy atom. The van der Waals surface area contributed by atoms with Gasteiger partial charge in [-0.25, -0.2) is 4.79 Å². The highest BCUT2D eigenvalue weighted by Crippen LogP contribution is 2.34. The van der Waals surface area contributed by atoms with Crippen molar-refractivity contribution in [2.75, 3.05) is 26.9 Å². The summed E-state index contributed by atoms with van der Waals surface area (Å²) in [4.78, 5) is 13.2. The van der Waals surface area contributed by atoms with Crippen LogP contribution >= 0.6 is 0 Å². The monoisotopic (exact) mass is 770 g/mol. The molecular weight excluding hydrogens is 724 g/mol. The van der Waals surface area contributed by atoms with E-state index < -0.39 is 105 Å². The Morgan fingerprint density at radius 1 is 0.796 bits per heavy atom. The Labute approximate surface area is 308 Å². The molecule has 54 heavy (non-hydrogen) atoms. The molecule has 0 amide bonds. The van der Waals surface area contributed by atoms with Gasteiger partial charge in [0.05, 0.1) is 33.0 Å². The maximum atomic E-state index is 13.2. The van der Waals surface area contributed by atoms with Crippen molar-refractivity contribution in [1.82, 2.24) is 0 Å². The lowest BCUT2D eigenvalue weighted by Gasteiger charge is -2.48. The number of aliphatic hydroxyl groups is 7. The normalized spacial score (nSPS) is 35.9. The maximum absolute atomic E-state index is 13.2. The summed E-state index contributed by atoms with van der Waals surface area (Å²) in [5.74, 6) is -1.67. The second-order valence-electron chi connectivity index (χ2n) is 13.0. The number of carbonyl (C=O) groups excluding carboxylic acids is 1. The lowest BCUT2D eigenvalue weighted by molar-refractivity contribution is -0.381. The van der Waals surface area contributed by atoms with Gasteiger partial charge < -0.3 is 89.0 Å². The average molecular weight is 771 g/mol. The fourth-order valence-corrected chi connectivity index (χ4v) is 6.10. The van der Waals surface area contributed by atoms with Crippen molar-refractivity contribution in [3.63, 3.8) is 0 Å². The number of benzene rings is 2. The average Bonchev–Trinajstić information content (AvgIpc) is 3.15. The van der Waals surface area contributed by atoms with Crippen molar-refractivity contribution in [1.29, 1.82) is 0 Å². The zero-order valence-electron chi connectivity index (χ0n) is 29.2. The molecule has 3 saturated heterocycles. The summed E-state index contributed by atoms with van der Waals surface area (Å²) in [5, 5.41) is 104. The van der Waals surface area contributed by atoms with Crippen LogP contribution in [0.25, 0.3) is 6.08 Å². The zero-order valence-corrected chi connectivity index (χ0v) is 29.2. The van der Waals surface area contributed by atoms with E-state index in [0.717, 1.165) is 6.08 Å². The van der Waals surface area contributed by atoms with Gasteiger partial charge in [-0.15, -0.1) is 0 Å². The molecule has 0 aromatic heterocycles. The zero-order chi connectivity index (χ0) is 39.3. The highest BCUT2D eigenvalue weighted by molar-refractivity contribution is 5.87. The van der Waals surface area contributed by atoms with Crippen LogP contribution < -0.4 is 4.74 Å². The molecule has 14 atom stereocenters. The van der Waals surface area contributed by atoms with E-state index in [2.05, 4.69) is 0 Å². The first-order valence-corrected chi connectivity index (χ1v) is 17.0. The largest absolute Gasteiger partial charge is 0.504 e. The third-order valence-corrected chi connectivity index (χ3v) is 9.20. The molecule has 0 bridgehead atoms. The molecule has 3 aliphatic heterocycles. The van der Waals surface area contributed by atoms with E-state index in [1.54, 1.807) is 0 Å². The number of phenols is 3. The summed E-state index contributed by atoms with van der Waals surface area (Å²) in [5.41, 5.74) is 0.985. The molecule has 0 saturated carbocycles. The number of rotatable bonds is 13. The summed E-state index contributed by atoms with van der Waals surface area (Å²) < 4.78 is 45.4. The van der Waals surface area contributed by atoms with Crippen LogP contribution in [0.2, 0.25) is 0 Å². The molecule has 19 heteroatoms. The number of methoxy groups -OCH3 is 1. The summed E-state index contributed by atoms with van der Waals surface area (Å²) >= 11 is 0. The molecule has 10 N–H and O–H groups in total. The lowest BCUT2D eigenvalue weighted by Crippen LogP contribution is -2.66. The molecule has 3 aliphatic rings. The van der Waals surface area contributed by atoms with Crippen molar-refractivity contribution >= 4 is 12.0 Å². The summed E-state index contributed by atoms with van der Waals surface area (Å²) in [6.07, 6.45) is -19.9. The summed E-state index contributed by atoms with van der Waals surface area (Å²) in [6, 6.07) is 8.41. The fourth-order valence-electron chi connectivity index (χ4n) is 6.10. The Kier molecular flexibility index (Phi) is 14.1. The van der Waals surface area contributed by atoms with E-state index in [-0.39, 0.29) is 36.0 Å². The predicted octanol–water partition coefficient (Wildman–Crippen LogP) is -2.25. The van der Waals surface area contributed by atoms with E-state index in [1.807, 2.05) is 0 Å². The second-order valence-corrected chi connectivity index (χ2v) is 13.0. The van der Waals surface area contributed by atoms with E-state index in [0.29, 0.717) is 11.1 Å². The minimum atomic E-state index is -1.81. The van der Waals surface area contributed by atoms with Gasteiger partial charge in [0, 0.05) is 6.08 Å². The Balaban J connectivity index is 1.40. The highest BCUT2D eigenvalue weighted by atomic mass is 16.8. The SMILES string of the molecule is COc1cc(C=CC(=O)O[C@H]2[C@H](O[C@@H]3O[C@@H](C)[C@H](O)[C@@H](O)[C@H]3O[C@@H]3OC[C@H](O)[C@H](O)[C@H]3O)[C@@H](O)[C@H](OCCc3ccc(O)c(O)c3)O[C@@H]2CO)ccc1O. The first-order valence-electron chi connectivity index (χ1n) is 17.0. The molecule has 300 valence electrons. The van der Waals surface area contributed by atoms with Crippen LogP contribution in [0.5, 0.6) is 23.0 Å². The summed E-state index contributed by atoms with van der Waals surface area (Å²) in [7, 11) is 1.35. The minimum absolute atomic E-state index is 0.126. The number of hydrogen-bond acceptors (Lipinski definition) is 19. The number of phenolic OH excluding ortho intramolecular Hbond substituents is 3. The molecule has 0 unspecified atom stereocenters. The van der Waals surface area contributed by atoms with Gasteiger partial charge in [-0.2, -0.15) is 0 Å². The van der Waals surface area contributed by atoms with Gasteiger partial charge in [0.25, 0.3) is 0 Å². The van der Waals surface area contributed by atoms with Crippen LogP contribution in [0, 0.1) is 0 Å². The van der Waals surface area contributed by atoms with Crippen LogP contribution in [-0.2, 0) is 44.4 Å². The number of aliphatic hydroxyl groups excluding tert-OH is 7. The summed E-state index contributed by atoms with van der Waals surface area (Å²) in [6.45, 7) is 0.0235. The third kappa shape index (κ3) is 9.58. The van der Waals surface area contributed by atoms with Gasteiger partial charge in [0.2, 0.25) is 0 Å². The number of esters is 1. The maximum Gasteiger partial charge on any atom is 0.331 e. The lowest BCUT2D eigenvalue weighted by atomic mass is 9.96. The standard InChI is InChI=1S/C35H46O19/c1-15-25(42)27(44)32(54-33-28(45)26(43)21(40)14-49-33)35(50-15)53-31-29(46)34(48-10-9-17-3-6-18(37)20(39)11-17)51-23(13-36)30(31)52-24(41)8-5-16-4-7-19(38)22(12-16)47-2/h3-8,11-12,15,21,23,25-40,42-46H,9-10,13-14H2,1-2H3/t15-,21-,23+,25-,26-,27+,28+,29+,30+,31+,32+,33-,34+,35-/m0/s1. The van der Waals surface area contributed by atoms with Gasteiger partial charge in [-0.05, 0) is 54.8 Å². The predicted molar refractivity (Wildman–Crippen MR) is 179 cm³/mol. The van der Waals surface area contributed by atoms with Crippen molar-refractivity contribution in [2.45, 2.75) is 99.4 Å². The van der Waals surface area contributed by atoms with Gasteiger partial charge in [0.1, 0.15) is 54.9 Å². The molecule has 19 nitrogen and oxygen atoms in total. The molecular formula is C35H46O19. The molecule has 2 aromatic carbocycles. The Morgan fingerprint density at radius 2 is 1.52 bits per heavy atom. The van der Waals surface area contributed by atoms with Crippen LogP contribution in [0.3, 0.4) is 0 Å².